The molecule has 0 bridgehead atoms. The van der Waals surface area contributed by atoms with E-state index < -0.39 is 10.1 Å². The quantitative estimate of drug-likeness (QED) is 0.570. The van der Waals surface area contributed by atoms with Crippen LogP contribution < -0.4 is 11.5 Å². The van der Waals surface area contributed by atoms with E-state index in [9.17, 15) is 8.42 Å². The molecule has 0 amide bonds. The van der Waals surface area contributed by atoms with Crippen molar-refractivity contribution in [3.8, 4) is 0 Å². The standard InChI is InChI=1S/C10H12N2O3S/c11-8-3-1-2-6-4-7(16(13,14)15)5-9(12)10(6)8/h1-6,10H,11-12H2,(H,13,14,15). The minimum atomic E-state index is -4.22. The number of allylic oxidation sites excluding steroid dienone is 5. The summed E-state index contributed by atoms with van der Waals surface area (Å²) in [5.41, 5.74) is 12.5. The van der Waals surface area contributed by atoms with Gasteiger partial charge in [-0.2, -0.15) is 8.42 Å². The molecule has 2 atom stereocenters. The van der Waals surface area contributed by atoms with Crippen molar-refractivity contribution in [3.05, 3.63) is 46.7 Å². The lowest BCUT2D eigenvalue weighted by molar-refractivity contribution is 0.489. The maximum atomic E-state index is 11.0. The topological polar surface area (TPSA) is 106 Å². The number of fused-ring (bicyclic) bond motifs is 1. The summed E-state index contributed by atoms with van der Waals surface area (Å²) in [7, 11) is -4.22. The molecular weight excluding hydrogens is 228 g/mol. The Labute approximate surface area is 93.6 Å². The van der Waals surface area contributed by atoms with Gasteiger partial charge in [0, 0.05) is 23.2 Å². The third kappa shape index (κ3) is 1.77. The van der Waals surface area contributed by atoms with Crippen LogP contribution in [0.5, 0.6) is 0 Å². The van der Waals surface area contributed by atoms with E-state index in [4.69, 9.17) is 16.0 Å². The van der Waals surface area contributed by atoms with E-state index >= 15 is 0 Å². The largest absolute Gasteiger partial charge is 0.401 e. The molecule has 0 aromatic heterocycles. The van der Waals surface area contributed by atoms with Crippen LogP contribution in [0.2, 0.25) is 0 Å². The van der Waals surface area contributed by atoms with Gasteiger partial charge in [0.25, 0.3) is 10.1 Å². The number of hydrogen-bond acceptors (Lipinski definition) is 4. The van der Waals surface area contributed by atoms with Crippen molar-refractivity contribution in [1.29, 1.82) is 0 Å². The average Bonchev–Trinajstić information content (AvgIpc) is 2.15. The van der Waals surface area contributed by atoms with Gasteiger partial charge in [-0.15, -0.1) is 0 Å². The number of rotatable bonds is 1. The third-order valence-electron chi connectivity index (χ3n) is 2.69. The van der Waals surface area contributed by atoms with Crippen molar-refractivity contribution in [2.24, 2.45) is 23.3 Å². The normalized spacial score (nSPS) is 28.9. The van der Waals surface area contributed by atoms with Gasteiger partial charge in [-0.1, -0.05) is 18.2 Å². The SMILES string of the molecule is NC1=CC=CC2C=C(S(=O)(=O)O)C=C(N)C12. The van der Waals surface area contributed by atoms with Gasteiger partial charge >= 0.3 is 0 Å². The highest BCUT2D eigenvalue weighted by atomic mass is 32.2. The Balaban J connectivity index is 2.48. The molecule has 0 aromatic rings. The molecule has 0 saturated carbocycles. The molecule has 6 heteroatoms. The molecule has 5 N–H and O–H groups in total. The van der Waals surface area contributed by atoms with E-state index in [-0.39, 0.29) is 16.7 Å². The highest BCUT2D eigenvalue weighted by Crippen LogP contribution is 2.34. The fourth-order valence-corrected chi connectivity index (χ4v) is 2.56. The second-order valence-corrected chi connectivity index (χ2v) is 5.22. The van der Waals surface area contributed by atoms with Crippen molar-refractivity contribution < 1.29 is 13.0 Å². The monoisotopic (exact) mass is 240 g/mol. The summed E-state index contributed by atoms with van der Waals surface area (Å²) in [5, 5.41) is 0. The van der Waals surface area contributed by atoms with Gasteiger partial charge in [-0.3, -0.25) is 4.55 Å². The zero-order valence-corrected chi connectivity index (χ0v) is 9.18. The van der Waals surface area contributed by atoms with Crippen LogP contribution in [0, 0.1) is 11.8 Å². The van der Waals surface area contributed by atoms with Crippen LogP contribution in [-0.2, 0) is 10.1 Å². The maximum Gasteiger partial charge on any atom is 0.294 e. The number of hydrogen-bond donors (Lipinski definition) is 3. The van der Waals surface area contributed by atoms with E-state index in [0.717, 1.165) is 0 Å². The van der Waals surface area contributed by atoms with E-state index in [2.05, 4.69) is 0 Å². The molecule has 2 rings (SSSR count). The second kappa shape index (κ2) is 3.50. The maximum absolute atomic E-state index is 11.0. The summed E-state index contributed by atoms with van der Waals surface area (Å²) >= 11 is 0. The predicted octanol–water partition coefficient (Wildman–Crippen LogP) is 0.259. The van der Waals surface area contributed by atoms with E-state index in [1.165, 1.54) is 12.2 Å². The summed E-state index contributed by atoms with van der Waals surface area (Å²) in [6.45, 7) is 0. The smallest absolute Gasteiger partial charge is 0.294 e. The van der Waals surface area contributed by atoms with Gasteiger partial charge in [0.2, 0.25) is 0 Å². The minimum Gasteiger partial charge on any atom is -0.401 e. The van der Waals surface area contributed by atoms with Crippen LogP contribution in [0.15, 0.2) is 46.7 Å². The molecule has 5 nitrogen and oxygen atoms in total. The minimum absolute atomic E-state index is 0.175. The van der Waals surface area contributed by atoms with Crippen LogP contribution in [-0.4, -0.2) is 13.0 Å². The summed E-state index contributed by atoms with van der Waals surface area (Å²) in [6.07, 6.45) is 7.97. The van der Waals surface area contributed by atoms with Crippen molar-refractivity contribution in [2.75, 3.05) is 0 Å². The van der Waals surface area contributed by atoms with Crippen LogP contribution >= 0.6 is 0 Å². The Kier molecular flexibility index (Phi) is 2.40. The van der Waals surface area contributed by atoms with Crippen molar-refractivity contribution in [1.82, 2.24) is 0 Å². The van der Waals surface area contributed by atoms with Gasteiger partial charge < -0.3 is 11.5 Å². The molecule has 2 aliphatic carbocycles. The molecule has 0 aromatic carbocycles. The molecule has 86 valence electrons. The van der Waals surface area contributed by atoms with E-state index in [1.54, 1.807) is 18.2 Å². The zero-order chi connectivity index (χ0) is 11.9. The first kappa shape index (κ1) is 11.0. The molecule has 0 aliphatic heterocycles. The number of nitrogens with two attached hydrogens (primary N) is 2. The van der Waals surface area contributed by atoms with Crippen LogP contribution in [0.25, 0.3) is 0 Å². The Morgan fingerprint density at radius 2 is 1.94 bits per heavy atom. The van der Waals surface area contributed by atoms with Gasteiger partial charge in [0.05, 0.1) is 4.91 Å². The zero-order valence-electron chi connectivity index (χ0n) is 8.37. The summed E-state index contributed by atoms with van der Waals surface area (Å²) in [4.78, 5) is -0.175. The predicted molar refractivity (Wildman–Crippen MR) is 60.3 cm³/mol. The first-order valence-electron chi connectivity index (χ1n) is 4.70. The Morgan fingerprint density at radius 3 is 2.56 bits per heavy atom. The van der Waals surface area contributed by atoms with Gasteiger partial charge in [-0.05, 0) is 12.2 Å². The van der Waals surface area contributed by atoms with Crippen LogP contribution in [0.3, 0.4) is 0 Å². The Hall–Kier alpha value is -1.53. The molecule has 0 radical (unpaired) electrons. The molecule has 0 saturated heterocycles. The molecule has 0 spiro atoms. The van der Waals surface area contributed by atoms with Crippen LogP contribution in [0.4, 0.5) is 0 Å². The fraction of sp³-hybridized carbons (Fsp3) is 0.200. The van der Waals surface area contributed by atoms with E-state index in [1.807, 2.05) is 0 Å². The average molecular weight is 240 g/mol. The highest BCUT2D eigenvalue weighted by Gasteiger charge is 2.30. The van der Waals surface area contributed by atoms with Gasteiger partial charge in [0.15, 0.2) is 0 Å². The lowest BCUT2D eigenvalue weighted by atomic mass is 9.81. The van der Waals surface area contributed by atoms with Crippen molar-refractivity contribution in [3.63, 3.8) is 0 Å². The summed E-state index contributed by atoms with van der Waals surface area (Å²) < 4.78 is 31.0. The van der Waals surface area contributed by atoms with Gasteiger partial charge in [-0.25, -0.2) is 0 Å². The fourth-order valence-electron chi connectivity index (χ4n) is 1.95. The Bertz CT molecular complexity index is 540. The first-order valence-corrected chi connectivity index (χ1v) is 6.14. The van der Waals surface area contributed by atoms with E-state index in [0.29, 0.717) is 11.4 Å². The molecule has 0 heterocycles. The summed E-state index contributed by atoms with van der Waals surface area (Å²) in [5.74, 6) is -0.428. The lowest BCUT2D eigenvalue weighted by Crippen LogP contribution is -2.30. The molecule has 2 unspecified atom stereocenters. The molecule has 16 heavy (non-hydrogen) atoms. The Morgan fingerprint density at radius 1 is 1.25 bits per heavy atom. The van der Waals surface area contributed by atoms with Gasteiger partial charge in [0.1, 0.15) is 0 Å². The first-order chi connectivity index (χ1) is 7.39. The van der Waals surface area contributed by atoms with Crippen molar-refractivity contribution >= 4 is 10.1 Å². The molecule has 0 fully saturated rings. The second-order valence-electron chi connectivity index (χ2n) is 3.80. The molecule has 2 aliphatic rings. The molecular formula is C10H12N2O3S. The lowest BCUT2D eigenvalue weighted by Gasteiger charge is -2.29. The third-order valence-corrected chi connectivity index (χ3v) is 3.54. The van der Waals surface area contributed by atoms with Crippen LogP contribution in [0.1, 0.15) is 0 Å². The highest BCUT2D eigenvalue weighted by molar-refractivity contribution is 7.90. The van der Waals surface area contributed by atoms with Crippen molar-refractivity contribution in [2.45, 2.75) is 0 Å². The summed E-state index contributed by atoms with van der Waals surface area (Å²) in [6, 6.07) is 0.